The lowest BCUT2D eigenvalue weighted by Crippen LogP contribution is -2.18. The highest BCUT2D eigenvalue weighted by Crippen LogP contribution is 2.34. The van der Waals surface area contributed by atoms with Gasteiger partial charge in [0.05, 0.1) is 15.1 Å². The van der Waals surface area contributed by atoms with E-state index in [0.29, 0.717) is 5.56 Å². The SMILES string of the molecule is Cc1ccc(S(=O)(=O)[C@H](CC(=O)c2ccc([N+](=O)[O-])cc2)c2ccc(Br)cc2)cc1. The van der Waals surface area contributed by atoms with Gasteiger partial charge < -0.3 is 0 Å². The first-order valence-electron chi connectivity index (χ1n) is 9.02. The monoisotopic (exact) mass is 487 g/mol. The lowest BCUT2D eigenvalue weighted by atomic mass is 10.0. The smallest absolute Gasteiger partial charge is 0.269 e. The van der Waals surface area contributed by atoms with Crippen LogP contribution in [0.2, 0.25) is 0 Å². The molecule has 8 heteroatoms. The highest BCUT2D eigenvalue weighted by atomic mass is 79.9. The number of nitro benzene ring substituents is 1. The Morgan fingerprint density at radius 3 is 2.07 bits per heavy atom. The number of hydrogen-bond acceptors (Lipinski definition) is 5. The Bertz CT molecular complexity index is 1170. The van der Waals surface area contributed by atoms with Gasteiger partial charge in [0.25, 0.3) is 5.69 Å². The maximum absolute atomic E-state index is 13.4. The largest absolute Gasteiger partial charge is 0.294 e. The Morgan fingerprint density at radius 2 is 1.53 bits per heavy atom. The molecule has 0 aliphatic heterocycles. The molecule has 6 nitrogen and oxygen atoms in total. The van der Waals surface area contributed by atoms with Crippen LogP contribution in [-0.4, -0.2) is 19.1 Å². The van der Waals surface area contributed by atoms with Crippen molar-refractivity contribution in [2.75, 3.05) is 0 Å². The van der Waals surface area contributed by atoms with E-state index in [2.05, 4.69) is 15.9 Å². The molecule has 0 saturated carbocycles. The van der Waals surface area contributed by atoms with Crippen LogP contribution in [0.5, 0.6) is 0 Å². The Hall–Kier alpha value is -2.84. The summed E-state index contributed by atoms with van der Waals surface area (Å²) in [6.45, 7) is 1.86. The highest BCUT2D eigenvalue weighted by Gasteiger charge is 2.31. The number of halogens is 1. The molecular weight excluding hydrogens is 470 g/mol. The number of ketones is 1. The number of nitrogens with zero attached hydrogens (tertiary/aromatic N) is 1. The van der Waals surface area contributed by atoms with Gasteiger partial charge in [-0.15, -0.1) is 0 Å². The van der Waals surface area contributed by atoms with Crippen LogP contribution in [0.25, 0.3) is 0 Å². The molecule has 0 spiro atoms. The normalized spacial score (nSPS) is 12.3. The third kappa shape index (κ3) is 4.83. The predicted octanol–water partition coefficient (Wildman–Crippen LogP) is 5.45. The molecule has 0 aromatic heterocycles. The summed E-state index contributed by atoms with van der Waals surface area (Å²) in [7, 11) is -3.85. The lowest BCUT2D eigenvalue weighted by molar-refractivity contribution is -0.384. The summed E-state index contributed by atoms with van der Waals surface area (Å²) in [4.78, 5) is 23.3. The number of carbonyl (C=O) groups excluding carboxylic acids is 1. The Labute approximate surface area is 182 Å². The molecule has 0 aliphatic carbocycles. The fourth-order valence-electron chi connectivity index (χ4n) is 3.03. The lowest BCUT2D eigenvalue weighted by Gasteiger charge is -2.18. The minimum absolute atomic E-state index is 0.136. The number of rotatable bonds is 7. The van der Waals surface area contributed by atoms with Gasteiger partial charge in [-0.3, -0.25) is 14.9 Å². The fourth-order valence-corrected chi connectivity index (χ4v) is 5.03. The van der Waals surface area contributed by atoms with E-state index in [1.54, 1.807) is 36.4 Å². The molecule has 0 unspecified atom stereocenters. The van der Waals surface area contributed by atoms with E-state index in [9.17, 15) is 23.3 Å². The van der Waals surface area contributed by atoms with Crippen LogP contribution in [-0.2, 0) is 9.84 Å². The predicted molar refractivity (Wildman–Crippen MR) is 117 cm³/mol. The van der Waals surface area contributed by atoms with Gasteiger partial charge in [-0.05, 0) is 48.9 Å². The molecule has 0 bridgehead atoms. The zero-order chi connectivity index (χ0) is 21.9. The topological polar surface area (TPSA) is 94.3 Å². The van der Waals surface area contributed by atoms with E-state index in [0.717, 1.165) is 10.0 Å². The van der Waals surface area contributed by atoms with Crippen LogP contribution in [0.3, 0.4) is 0 Å². The second-order valence-corrected chi connectivity index (χ2v) is 9.88. The van der Waals surface area contributed by atoms with Crippen molar-refractivity contribution in [3.8, 4) is 0 Å². The van der Waals surface area contributed by atoms with E-state index in [-0.39, 0.29) is 22.6 Å². The average Bonchev–Trinajstić information content (AvgIpc) is 2.73. The van der Waals surface area contributed by atoms with Gasteiger partial charge in [-0.1, -0.05) is 45.8 Å². The number of non-ortho nitro benzene ring substituents is 1. The van der Waals surface area contributed by atoms with Crippen molar-refractivity contribution in [1.29, 1.82) is 0 Å². The second kappa shape index (κ2) is 8.89. The van der Waals surface area contributed by atoms with Crippen LogP contribution in [0.4, 0.5) is 5.69 Å². The van der Waals surface area contributed by atoms with Gasteiger partial charge in [-0.2, -0.15) is 0 Å². The number of Topliss-reactive ketones (excluding diaryl/α,β-unsaturated/α-hetero) is 1. The van der Waals surface area contributed by atoms with Gasteiger partial charge in [0, 0.05) is 28.6 Å². The molecule has 0 radical (unpaired) electrons. The van der Waals surface area contributed by atoms with Crippen molar-refractivity contribution in [3.63, 3.8) is 0 Å². The van der Waals surface area contributed by atoms with E-state index in [1.807, 2.05) is 6.92 Å². The summed E-state index contributed by atoms with van der Waals surface area (Å²) in [5, 5.41) is 9.74. The standard InChI is InChI=1S/C22H18BrNO5S/c1-15-2-12-20(13-3-15)30(28,29)22(17-4-8-18(23)9-5-17)14-21(25)16-6-10-19(11-7-16)24(26)27/h2-13,22H,14H2,1H3/t22-/m1/s1. The van der Waals surface area contributed by atoms with E-state index in [1.165, 1.54) is 36.4 Å². The molecule has 3 aromatic rings. The van der Waals surface area contributed by atoms with Crippen LogP contribution in [0, 0.1) is 17.0 Å². The molecule has 0 N–H and O–H groups in total. The summed E-state index contributed by atoms with van der Waals surface area (Å²) in [5.74, 6) is -0.409. The van der Waals surface area contributed by atoms with E-state index in [4.69, 9.17) is 0 Å². The maximum atomic E-state index is 13.4. The quantitative estimate of drug-likeness (QED) is 0.250. The first-order chi connectivity index (χ1) is 14.2. The van der Waals surface area contributed by atoms with Crippen molar-refractivity contribution in [1.82, 2.24) is 0 Å². The zero-order valence-corrected chi connectivity index (χ0v) is 18.4. The van der Waals surface area contributed by atoms with Crippen LogP contribution in [0.15, 0.2) is 82.2 Å². The molecule has 1 atom stereocenters. The third-order valence-electron chi connectivity index (χ3n) is 4.74. The molecule has 3 aromatic carbocycles. The number of hydrogen-bond donors (Lipinski definition) is 0. The molecule has 0 fully saturated rings. The first kappa shape index (κ1) is 21.9. The van der Waals surface area contributed by atoms with Crippen LogP contribution < -0.4 is 0 Å². The Morgan fingerprint density at radius 1 is 0.967 bits per heavy atom. The molecule has 3 rings (SSSR count). The minimum Gasteiger partial charge on any atom is -0.294 e. The minimum atomic E-state index is -3.85. The zero-order valence-electron chi connectivity index (χ0n) is 16.0. The van der Waals surface area contributed by atoms with Gasteiger partial charge in [0.2, 0.25) is 0 Å². The molecule has 0 saturated heterocycles. The number of benzene rings is 3. The molecule has 0 heterocycles. The summed E-state index contributed by atoms with van der Waals surface area (Å²) in [5.41, 5.74) is 1.51. The number of aryl methyl sites for hydroxylation is 1. The molecule has 30 heavy (non-hydrogen) atoms. The number of carbonyl (C=O) groups is 1. The average molecular weight is 488 g/mol. The third-order valence-corrected chi connectivity index (χ3v) is 7.38. The van der Waals surface area contributed by atoms with Crippen LogP contribution in [0.1, 0.15) is 33.2 Å². The molecule has 0 aliphatic rings. The van der Waals surface area contributed by atoms with Crippen LogP contribution >= 0.6 is 15.9 Å². The second-order valence-electron chi connectivity index (χ2n) is 6.83. The number of sulfone groups is 1. The van der Waals surface area contributed by atoms with Crippen molar-refractivity contribution in [2.24, 2.45) is 0 Å². The summed E-state index contributed by atoms with van der Waals surface area (Å²) in [6, 6.07) is 18.4. The molecular formula is C22H18BrNO5S. The molecule has 154 valence electrons. The maximum Gasteiger partial charge on any atom is 0.269 e. The van der Waals surface area contributed by atoms with E-state index < -0.39 is 25.8 Å². The van der Waals surface area contributed by atoms with Gasteiger partial charge in [0.1, 0.15) is 0 Å². The molecule has 0 amide bonds. The van der Waals surface area contributed by atoms with Crippen molar-refractivity contribution in [2.45, 2.75) is 23.5 Å². The van der Waals surface area contributed by atoms with Crippen molar-refractivity contribution in [3.05, 3.63) is 104 Å². The number of nitro groups is 1. The van der Waals surface area contributed by atoms with Gasteiger partial charge in [0.15, 0.2) is 15.6 Å². The van der Waals surface area contributed by atoms with Crippen molar-refractivity contribution < 1.29 is 18.1 Å². The van der Waals surface area contributed by atoms with E-state index >= 15 is 0 Å². The summed E-state index contributed by atoms with van der Waals surface area (Å²) < 4.78 is 27.6. The highest BCUT2D eigenvalue weighted by molar-refractivity contribution is 9.10. The van der Waals surface area contributed by atoms with Gasteiger partial charge >= 0.3 is 0 Å². The summed E-state index contributed by atoms with van der Waals surface area (Å²) in [6.07, 6.45) is -0.282. The van der Waals surface area contributed by atoms with Gasteiger partial charge in [-0.25, -0.2) is 8.42 Å². The summed E-state index contributed by atoms with van der Waals surface area (Å²) >= 11 is 3.33. The fraction of sp³-hybridized carbons (Fsp3) is 0.136. The Balaban J connectivity index is 1.99. The Kier molecular flexibility index (Phi) is 6.48. The van der Waals surface area contributed by atoms with Crippen molar-refractivity contribution >= 4 is 37.2 Å². The first-order valence-corrected chi connectivity index (χ1v) is 11.4.